The lowest BCUT2D eigenvalue weighted by atomic mass is 9.90. The average Bonchev–Trinajstić information content (AvgIpc) is 3.11. The molecule has 2 aliphatic rings. The Kier molecular flexibility index (Phi) is 8.93. The molecule has 1 atom stereocenters. The highest BCUT2D eigenvalue weighted by molar-refractivity contribution is 6.43. The molecule has 5 nitrogen and oxygen atoms in total. The third-order valence-corrected chi connectivity index (χ3v) is 7.50. The lowest BCUT2D eigenvalue weighted by Crippen LogP contribution is -2.36. The second-order valence-electron chi connectivity index (χ2n) is 9.32. The van der Waals surface area contributed by atoms with Gasteiger partial charge >= 0.3 is 5.91 Å². The molecular formula is C27H31Cl2FN3O2. The van der Waals surface area contributed by atoms with Crippen LogP contribution in [0.3, 0.4) is 0 Å². The summed E-state index contributed by atoms with van der Waals surface area (Å²) in [5.74, 6) is 0.887. The number of hydrogen-bond donors (Lipinski definition) is 0. The Balaban J connectivity index is 1.27. The van der Waals surface area contributed by atoms with Crippen molar-refractivity contribution in [1.82, 2.24) is 15.3 Å². The van der Waals surface area contributed by atoms with Crippen LogP contribution in [0.2, 0.25) is 5.02 Å². The maximum atomic E-state index is 13.4. The van der Waals surface area contributed by atoms with Crippen LogP contribution in [-0.4, -0.2) is 49.1 Å². The third-order valence-electron chi connectivity index (χ3n) is 6.89. The Hall–Kier alpha value is -2.28. The lowest BCUT2D eigenvalue weighted by molar-refractivity contribution is -0.119. The molecule has 2 aliphatic heterocycles. The molecule has 0 aliphatic carbocycles. The first-order chi connectivity index (χ1) is 16.9. The highest BCUT2D eigenvalue weighted by atomic mass is 35.5. The predicted molar refractivity (Wildman–Crippen MR) is 137 cm³/mol. The van der Waals surface area contributed by atoms with Gasteiger partial charge in [0.05, 0.1) is 12.3 Å². The zero-order valence-corrected chi connectivity index (χ0v) is 21.4. The van der Waals surface area contributed by atoms with Gasteiger partial charge in [-0.15, -0.1) is 5.43 Å². The van der Waals surface area contributed by atoms with E-state index < -0.39 is 5.91 Å². The second kappa shape index (κ2) is 12.1. The first-order valence-corrected chi connectivity index (χ1v) is 12.9. The highest BCUT2D eigenvalue weighted by Gasteiger charge is 2.33. The quantitative estimate of drug-likeness (QED) is 0.407. The molecule has 187 valence electrons. The molecule has 2 aromatic carbocycles. The van der Waals surface area contributed by atoms with Crippen LogP contribution in [0.5, 0.6) is 5.75 Å². The van der Waals surface area contributed by atoms with E-state index in [4.69, 9.17) is 27.9 Å². The number of ether oxygens (including phenoxy) is 1. The summed E-state index contributed by atoms with van der Waals surface area (Å²) in [5.41, 5.74) is 5.76. The maximum absolute atomic E-state index is 13.4. The van der Waals surface area contributed by atoms with Gasteiger partial charge in [-0.3, -0.25) is 9.80 Å². The normalized spacial score (nSPS) is 18.2. The van der Waals surface area contributed by atoms with Gasteiger partial charge in [0.25, 0.3) is 0 Å². The van der Waals surface area contributed by atoms with Crippen LogP contribution in [0.15, 0.2) is 59.3 Å². The molecule has 0 saturated carbocycles. The number of piperidine rings is 1. The standard InChI is InChI=1S/C27H31Cl2FN3O2/c1-32-26(25(29)27(34)31-32)21(18-20-2-6-23(30)7-3-20)12-16-33-14-10-19(11-15-33)13-17-35-24-8-4-22(28)5-9-24/h2-9,19,21H,10-18H2,1H3. The summed E-state index contributed by atoms with van der Waals surface area (Å²) >= 11 is 12.3. The van der Waals surface area contributed by atoms with Crippen molar-refractivity contribution < 1.29 is 13.9 Å². The van der Waals surface area contributed by atoms with E-state index in [1.807, 2.05) is 24.3 Å². The van der Waals surface area contributed by atoms with Crippen LogP contribution in [-0.2, 0) is 11.2 Å². The largest absolute Gasteiger partial charge is 0.494 e. The number of carbonyl (C=O) groups is 1. The second-order valence-corrected chi connectivity index (χ2v) is 10.1. The average molecular weight is 519 g/mol. The fourth-order valence-corrected chi connectivity index (χ4v) is 5.32. The molecule has 1 saturated heterocycles. The molecule has 1 amide bonds. The van der Waals surface area contributed by atoms with Crippen molar-refractivity contribution in [1.29, 1.82) is 0 Å². The SMILES string of the molecule is CN1[N]C(=O)C(Cl)=C1C(CCN1CCC(CCOc2ccc(Cl)cc2)CC1)Cc1ccc(F)cc1. The van der Waals surface area contributed by atoms with E-state index in [1.54, 1.807) is 24.2 Å². The molecule has 4 rings (SSSR count). The van der Waals surface area contributed by atoms with E-state index in [-0.39, 0.29) is 16.8 Å². The lowest BCUT2D eigenvalue weighted by Gasteiger charge is -2.33. The molecule has 0 N–H and O–H groups in total. The van der Waals surface area contributed by atoms with E-state index >= 15 is 0 Å². The zero-order chi connectivity index (χ0) is 24.8. The first-order valence-electron chi connectivity index (χ1n) is 12.1. The number of hydrogen-bond acceptors (Lipinski definition) is 4. The van der Waals surface area contributed by atoms with Crippen LogP contribution in [0.4, 0.5) is 4.39 Å². The van der Waals surface area contributed by atoms with E-state index in [0.717, 1.165) is 62.3 Å². The number of carbonyl (C=O) groups excluding carboxylic acids is 1. The van der Waals surface area contributed by atoms with E-state index in [9.17, 15) is 9.18 Å². The van der Waals surface area contributed by atoms with Crippen molar-refractivity contribution in [2.75, 3.05) is 33.3 Å². The number of halogens is 3. The Morgan fingerprint density at radius 1 is 1.09 bits per heavy atom. The van der Waals surface area contributed by atoms with Crippen molar-refractivity contribution in [3.63, 3.8) is 0 Å². The summed E-state index contributed by atoms with van der Waals surface area (Å²) in [6.45, 7) is 3.71. The Morgan fingerprint density at radius 2 is 1.77 bits per heavy atom. The predicted octanol–water partition coefficient (Wildman–Crippen LogP) is 5.65. The van der Waals surface area contributed by atoms with Crippen molar-refractivity contribution in [2.24, 2.45) is 11.8 Å². The summed E-state index contributed by atoms with van der Waals surface area (Å²) in [4.78, 5) is 14.5. The minimum absolute atomic E-state index is 0.0265. The number of likely N-dealkylation sites (tertiary alicyclic amines) is 1. The van der Waals surface area contributed by atoms with Crippen LogP contribution in [0, 0.1) is 17.7 Å². The zero-order valence-electron chi connectivity index (χ0n) is 19.9. The summed E-state index contributed by atoms with van der Waals surface area (Å²) < 4.78 is 19.2. The smallest absolute Gasteiger partial charge is 0.307 e. The summed E-state index contributed by atoms with van der Waals surface area (Å²) in [7, 11) is 1.76. The van der Waals surface area contributed by atoms with Gasteiger partial charge in [-0.1, -0.05) is 35.3 Å². The van der Waals surface area contributed by atoms with Crippen LogP contribution in [0.25, 0.3) is 0 Å². The molecule has 0 aromatic heterocycles. The molecule has 1 radical (unpaired) electrons. The number of rotatable bonds is 10. The van der Waals surface area contributed by atoms with Crippen molar-refractivity contribution in [3.05, 3.63) is 75.7 Å². The number of benzene rings is 2. The molecule has 0 bridgehead atoms. The number of allylic oxidation sites excluding steroid dienone is 1. The summed E-state index contributed by atoms with van der Waals surface area (Å²) in [6.07, 6.45) is 4.85. The highest BCUT2D eigenvalue weighted by Crippen LogP contribution is 2.32. The first kappa shape index (κ1) is 25.8. The van der Waals surface area contributed by atoms with Gasteiger partial charge in [0.2, 0.25) is 0 Å². The molecule has 2 heterocycles. The summed E-state index contributed by atoms with van der Waals surface area (Å²) in [5, 5.41) is 2.51. The van der Waals surface area contributed by atoms with E-state index in [1.165, 1.54) is 12.1 Å². The van der Waals surface area contributed by atoms with E-state index in [0.29, 0.717) is 24.0 Å². The monoisotopic (exact) mass is 518 g/mol. The van der Waals surface area contributed by atoms with Gasteiger partial charge in [0.1, 0.15) is 16.6 Å². The van der Waals surface area contributed by atoms with Gasteiger partial charge < -0.3 is 9.64 Å². The van der Waals surface area contributed by atoms with Gasteiger partial charge in [-0.2, -0.15) is 0 Å². The Morgan fingerprint density at radius 3 is 2.40 bits per heavy atom. The minimum atomic E-state index is -0.394. The van der Waals surface area contributed by atoms with Crippen LogP contribution < -0.4 is 10.2 Å². The maximum Gasteiger partial charge on any atom is 0.307 e. The minimum Gasteiger partial charge on any atom is -0.494 e. The molecule has 0 spiro atoms. The van der Waals surface area contributed by atoms with Gasteiger partial charge in [0.15, 0.2) is 0 Å². The van der Waals surface area contributed by atoms with Crippen molar-refractivity contribution in [3.8, 4) is 5.75 Å². The van der Waals surface area contributed by atoms with Crippen molar-refractivity contribution in [2.45, 2.75) is 32.1 Å². The van der Waals surface area contributed by atoms with Crippen LogP contribution >= 0.6 is 23.2 Å². The molecular weight excluding hydrogens is 488 g/mol. The van der Waals surface area contributed by atoms with Gasteiger partial charge in [-0.25, -0.2) is 4.39 Å². The Labute approximate surface area is 216 Å². The Bertz CT molecular complexity index is 1020. The molecule has 8 heteroatoms. The molecule has 2 aromatic rings. The molecule has 1 fully saturated rings. The van der Waals surface area contributed by atoms with Crippen LogP contribution in [0.1, 0.15) is 31.2 Å². The number of nitrogens with zero attached hydrogens (tertiary/aromatic N) is 3. The topological polar surface area (TPSA) is 46.9 Å². The summed E-state index contributed by atoms with van der Waals surface area (Å²) in [6, 6.07) is 14.0. The van der Waals surface area contributed by atoms with E-state index in [2.05, 4.69) is 10.3 Å². The number of amides is 1. The fraction of sp³-hybridized carbons (Fsp3) is 0.444. The van der Waals surface area contributed by atoms with Crippen molar-refractivity contribution >= 4 is 29.1 Å². The fourth-order valence-electron chi connectivity index (χ4n) is 4.88. The van der Waals surface area contributed by atoms with Gasteiger partial charge in [0, 0.05) is 18.0 Å². The molecule has 35 heavy (non-hydrogen) atoms. The molecule has 1 unspecified atom stereocenters. The van der Waals surface area contributed by atoms with Gasteiger partial charge in [-0.05, 0) is 99.6 Å². The third kappa shape index (κ3) is 7.12.